The van der Waals surface area contributed by atoms with Gasteiger partial charge in [0.05, 0.1) is 19.6 Å². The standard InChI is InChI=1S/C26H39BN5O8/c1-3-4-5-9-12-21(34)28-14-22(35)29-16-24(37)32-20(13-19-10-7-6-8-11-19)25(38)30-15-23(36)31-17-27-26(39,40)18(2)33/h6-8,10-11,20,39-40H,3-5,9,12-17H2,1-2H3,(H,28,34)(H,29,35)(H,30,38)(H,31,36)(H,32,37). The molecule has 1 unspecified atom stereocenters. The molecule has 0 saturated heterocycles. The second-order valence-electron chi connectivity index (χ2n) is 9.18. The molecule has 0 aliphatic rings. The molecule has 0 heterocycles. The van der Waals surface area contributed by atoms with Crippen LogP contribution in [0.25, 0.3) is 0 Å². The van der Waals surface area contributed by atoms with Crippen LogP contribution in [-0.2, 0) is 35.2 Å². The number of nitrogens with one attached hydrogen (secondary N) is 5. The number of aliphatic hydroxyl groups is 2. The Labute approximate surface area is 234 Å². The van der Waals surface area contributed by atoms with Crippen molar-refractivity contribution in [3.63, 3.8) is 0 Å². The van der Waals surface area contributed by atoms with E-state index < -0.39 is 54.2 Å². The average molecular weight is 560 g/mol. The van der Waals surface area contributed by atoms with E-state index in [0.717, 1.165) is 45.4 Å². The molecule has 0 saturated carbocycles. The lowest BCUT2D eigenvalue weighted by molar-refractivity contribution is -0.154. The molecule has 0 fully saturated rings. The molecule has 1 rings (SSSR count). The summed E-state index contributed by atoms with van der Waals surface area (Å²) in [6.45, 7) is 1.85. The number of rotatable bonds is 19. The van der Waals surface area contributed by atoms with Crippen molar-refractivity contribution >= 4 is 42.6 Å². The van der Waals surface area contributed by atoms with Crippen LogP contribution in [0.5, 0.6) is 0 Å². The summed E-state index contributed by atoms with van der Waals surface area (Å²) in [7, 11) is 0.792. The second kappa shape index (κ2) is 18.5. The van der Waals surface area contributed by atoms with Gasteiger partial charge in [0.2, 0.25) is 36.8 Å². The summed E-state index contributed by atoms with van der Waals surface area (Å²) < 4.78 is 0. The van der Waals surface area contributed by atoms with Crippen LogP contribution in [0.3, 0.4) is 0 Å². The average Bonchev–Trinajstić information content (AvgIpc) is 2.91. The van der Waals surface area contributed by atoms with Crippen LogP contribution in [0.4, 0.5) is 0 Å². The van der Waals surface area contributed by atoms with E-state index in [2.05, 4.69) is 33.5 Å². The first-order valence-electron chi connectivity index (χ1n) is 13.2. The van der Waals surface area contributed by atoms with Gasteiger partial charge in [-0.1, -0.05) is 56.5 Å². The van der Waals surface area contributed by atoms with Crippen LogP contribution in [0.2, 0.25) is 0 Å². The molecule has 1 aromatic rings. The number of carbonyl (C=O) groups is 6. The monoisotopic (exact) mass is 560 g/mol. The van der Waals surface area contributed by atoms with Gasteiger partial charge < -0.3 is 36.8 Å². The Hall–Kier alpha value is -3.78. The minimum Gasteiger partial charge on any atom is -0.367 e. The molecule has 1 radical (unpaired) electrons. The van der Waals surface area contributed by atoms with E-state index in [1.54, 1.807) is 30.3 Å². The van der Waals surface area contributed by atoms with E-state index in [1.807, 2.05) is 0 Å². The van der Waals surface area contributed by atoms with Crippen LogP contribution in [0.1, 0.15) is 51.5 Å². The summed E-state index contributed by atoms with van der Waals surface area (Å²) in [4.78, 5) is 72.2. The summed E-state index contributed by atoms with van der Waals surface area (Å²) in [6, 6.07) is 7.75. The van der Waals surface area contributed by atoms with Crippen molar-refractivity contribution < 1.29 is 39.0 Å². The van der Waals surface area contributed by atoms with Crippen molar-refractivity contribution in [2.45, 2.75) is 64.1 Å². The molecule has 219 valence electrons. The molecule has 1 atom stereocenters. The molecule has 13 nitrogen and oxygen atoms in total. The summed E-state index contributed by atoms with van der Waals surface area (Å²) in [5, 5.41) is 31.0. The van der Waals surface area contributed by atoms with E-state index in [1.165, 1.54) is 0 Å². The molecule has 0 spiro atoms. The normalized spacial score (nSPS) is 11.5. The van der Waals surface area contributed by atoms with Gasteiger partial charge in [-0.25, -0.2) is 0 Å². The van der Waals surface area contributed by atoms with Crippen LogP contribution in [-0.4, -0.2) is 90.6 Å². The summed E-state index contributed by atoms with van der Waals surface area (Å²) in [5.41, 5.74) is -1.95. The largest absolute Gasteiger partial charge is 0.367 e. The number of hydrogen-bond acceptors (Lipinski definition) is 8. The maximum absolute atomic E-state index is 12.8. The summed E-state index contributed by atoms with van der Waals surface area (Å²) >= 11 is 0. The molecule has 0 bridgehead atoms. The molecule has 0 aromatic heterocycles. The maximum atomic E-state index is 12.8. The number of Topliss-reactive ketones (excluding diaryl/α,β-unsaturated/α-hetero) is 1. The van der Waals surface area contributed by atoms with Crippen molar-refractivity contribution in [3.8, 4) is 0 Å². The fourth-order valence-electron chi connectivity index (χ4n) is 3.33. The third-order valence-electron chi connectivity index (χ3n) is 5.71. The Kier molecular flexibility index (Phi) is 15.8. The van der Waals surface area contributed by atoms with Gasteiger partial charge in [0, 0.05) is 12.8 Å². The predicted molar refractivity (Wildman–Crippen MR) is 146 cm³/mol. The van der Waals surface area contributed by atoms with Gasteiger partial charge in [-0.2, -0.15) is 0 Å². The van der Waals surface area contributed by atoms with Gasteiger partial charge in [0.15, 0.2) is 11.5 Å². The number of unbranched alkanes of at least 4 members (excludes halogenated alkanes) is 3. The van der Waals surface area contributed by atoms with Crippen LogP contribution in [0.15, 0.2) is 30.3 Å². The molecule has 14 heteroatoms. The number of amides is 5. The van der Waals surface area contributed by atoms with E-state index in [4.69, 9.17) is 0 Å². The van der Waals surface area contributed by atoms with Crippen molar-refractivity contribution in [1.82, 2.24) is 26.6 Å². The highest BCUT2D eigenvalue weighted by Crippen LogP contribution is 2.04. The molecule has 40 heavy (non-hydrogen) atoms. The number of carbonyl (C=O) groups excluding carboxylic acids is 6. The van der Waals surface area contributed by atoms with Crippen LogP contribution < -0.4 is 26.6 Å². The van der Waals surface area contributed by atoms with Crippen molar-refractivity contribution in [1.29, 1.82) is 0 Å². The first-order valence-corrected chi connectivity index (χ1v) is 13.2. The molecule has 7 N–H and O–H groups in total. The number of benzene rings is 1. The van der Waals surface area contributed by atoms with E-state index in [9.17, 15) is 39.0 Å². The zero-order chi connectivity index (χ0) is 30.0. The minimum absolute atomic E-state index is 0.103. The summed E-state index contributed by atoms with van der Waals surface area (Å²) in [6.07, 6.45) is 3.84. The first-order chi connectivity index (χ1) is 18.9. The Morgan fingerprint density at radius 2 is 1.40 bits per heavy atom. The molecule has 1 aromatic carbocycles. The number of hydrogen-bond donors (Lipinski definition) is 7. The Morgan fingerprint density at radius 1 is 0.800 bits per heavy atom. The van der Waals surface area contributed by atoms with Crippen LogP contribution in [0, 0.1) is 0 Å². The van der Waals surface area contributed by atoms with Gasteiger partial charge >= 0.3 is 0 Å². The highest BCUT2D eigenvalue weighted by molar-refractivity contribution is 6.46. The van der Waals surface area contributed by atoms with Gasteiger partial charge in [-0.15, -0.1) is 0 Å². The zero-order valence-corrected chi connectivity index (χ0v) is 23.0. The maximum Gasteiger partial charge on any atom is 0.243 e. The first kappa shape index (κ1) is 34.3. The second-order valence-corrected chi connectivity index (χ2v) is 9.18. The fourth-order valence-corrected chi connectivity index (χ4v) is 3.33. The topological polar surface area (TPSA) is 203 Å². The van der Waals surface area contributed by atoms with E-state index in [0.29, 0.717) is 6.42 Å². The van der Waals surface area contributed by atoms with E-state index >= 15 is 0 Å². The van der Waals surface area contributed by atoms with Crippen molar-refractivity contribution in [3.05, 3.63) is 35.9 Å². The lowest BCUT2D eigenvalue weighted by Crippen LogP contribution is -2.53. The number of ketones is 1. The third kappa shape index (κ3) is 15.0. The Balaban J connectivity index is 2.55. The molecule has 5 amide bonds. The van der Waals surface area contributed by atoms with Gasteiger partial charge in [-0.05, 0) is 25.4 Å². The minimum atomic E-state index is -2.68. The van der Waals surface area contributed by atoms with Crippen LogP contribution >= 0.6 is 0 Å². The molecule has 0 aliphatic heterocycles. The zero-order valence-electron chi connectivity index (χ0n) is 23.0. The van der Waals surface area contributed by atoms with Crippen molar-refractivity contribution in [2.75, 3.05) is 26.1 Å². The summed E-state index contributed by atoms with van der Waals surface area (Å²) in [5.74, 6) is -3.72. The lowest BCUT2D eigenvalue weighted by atomic mass is 9.66. The smallest absolute Gasteiger partial charge is 0.243 e. The predicted octanol–water partition coefficient (Wildman–Crippen LogP) is -1.96. The SMILES string of the molecule is CCCCCCC(=O)NCC(=O)NCC(=O)NC(Cc1ccccc1)C(=O)NCC(=O)NC[B]C(O)(O)C(C)=O. The Bertz CT molecular complexity index is 1010. The van der Waals surface area contributed by atoms with E-state index in [-0.39, 0.29) is 25.3 Å². The fraction of sp³-hybridized carbons (Fsp3) is 0.538. The highest BCUT2D eigenvalue weighted by atomic mass is 16.5. The Morgan fingerprint density at radius 3 is 2.05 bits per heavy atom. The third-order valence-corrected chi connectivity index (χ3v) is 5.71. The molecular formula is C26H39BN5O8. The van der Waals surface area contributed by atoms with Crippen molar-refractivity contribution in [2.24, 2.45) is 0 Å². The van der Waals surface area contributed by atoms with Gasteiger partial charge in [0.1, 0.15) is 6.04 Å². The van der Waals surface area contributed by atoms with Gasteiger partial charge in [0.25, 0.3) is 0 Å². The molecule has 0 aliphatic carbocycles. The molecular weight excluding hydrogens is 521 g/mol. The quantitative estimate of drug-likeness (QED) is 0.0574. The van der Waals surface area contributed by atoms with Gasteiger partial charge in [-0.3, -0.25) is 28.8 Å². The lowest BCUT2D eigenvalue weighted by Gasteiger charge is -2.19. The highest BCUT2D eigenvalue weighted by Gasteiger charge is 2.29.